The van der Waals surface area contributed by atoms with Gasteiger partial charge in [-0.1, -0.05) is 40.5 Å². The molecule has 1 amide bonds. The molecule has 4 nitrogen and oxygen atoms in total. The lowest BCUT2D eigenvalue weighted by atomic mass is 10.1. The van der Waals surface area contributed by atoms with Crippen molar-refractivity contribution in [1.82, 2.24) is 4.90 Å². The molecule has 1 aliphatic heterocycles. The predicted molar refractivity (Wildman–Crippen MR) is 124 cm³/mol. The van der Waals surface area contributed by atoms with Crippen LogP contribution in [0.2, 0.25) is 0 Å². The molecule has 1 aliphatic rings. The SMILES string of the molecule is CC[C@H](C)N1C(=O)/C(=C\c2cc(Br)cc(Br)c2O)SC1=Nc1ccc(C)cc1. The highest BCUT2D eigenvalue weighted by molar-refractivity contribution is 9.11. The maximum atomic E-state index is 13.1. The molecular formula is C21H20Br2N2O2S. The fraction of sp³-hybridized carbons (Fsp3) is 0.238. The molecule has 0 saturated carbocycles. The van der Waals surface area contributed by atoms with E-state index in [2.05, 4.69) is 31.9 Å². The van der Waals surface area contributed by atoms with E-state index in [1.165, 1.54) is 11.8 Å². The Morgan fingerprint density at radius 2 is 1.93 bits per heavy atom. The third kappa shape index (κ3) is 4.53. The molecule has 0 radical (unpaired) electrons. The van der Waals surface area contributed by atoms with Gasteiger partial charge < -0.3 is 5.11 Å². The fourth-order valence-electron chi connectivity index (χ4n) is 2.70. The van der Waals surface area contributed by atoms with Crippen LogP contribution in [0.15, 0.2) is 55.2 Å². The monoisotopic (exact) mass is 522 g/mol. The average molecular weight is 524 g/mol. The van der Waals surface area contributed by atoms with Crippen LogP contribution in [0.4, 0.5) is 5.69 Å². The first kappa shape index (κ1) is 21.1. The number of rotatable bonds is 4. The third-order valence-electron chi connectivity index (χ3n) is 4.47. The number of aryl methyl sites for hydroxylation is 1. The number of phenols is 1. The summed E-state index contributed by atoms with van der Waals surface area (Å²) in [6, 6.07) is 11.5. The van der Waals surface area contributed by atoms with Gasteiger partial charge in [0.25, 0.3) is 5.91 Å². The second kappa shape index (κ2) is 8.84. The van der Waals surface area contributed by atoms with Gasteiger partial charge in [0.2, 0.25) is 0 Å². The van der Waals surface area contributed by atoms with Crippen LogP contribution in [0.1, 0.15) is 31.4 Å². The number of hydrogen-bond donors (Lipinski definition) is 1. The minimum absolute atomic E-state index is 0.0259. The van der Waals surface area contributed by atoms with E-state index in [1.807, 2.05) is 45.0 Å². The van der Waals surface area contributed by atoms with Gasteiger partial charge in [-0.25, -0.2) is 4.99 Å². The Morgan fingerprint density at radius 1 is 1.25 bits per heavy atom. The zero-order valence-electron chi connectivity index (χ0n) is 15.7. The summed E-state index contributed by atoms with van der Waals surface area (Å²) in [5.41, 5.74) is 2.54. The van der Waals surface area contributed by atoms with Gasteiger partial charge in [-0.05, 0) is 78.3 Å². The van der Waals surface area contributed by atoms with E-state index in [0.29, 0.717) is 20.1 Å². The van der Waals surface area contributed by atoms with Crippen LogP contribution in [-0.2, 0) is 4.79 Å². The van der Waals surface area contributed by atoms with Crippen molar-refractivity contribution >= 4 is 66.5 Å². The number of nitrogens with zero attached hydrogens (tertiary/aromatic N) is 2. The summed E-state index contributed by atoms with van der Waals surface area (Å²) in [5, 5.41) is 11.0. The zero-order valence-corrected chi connectivity index (χ0v) is 19.7. The van der Waals surface area contributed by atoms with Crippen molar-refractivity contribution in [3.05, 3.63) is 61.4 Å². The van der Waals surface area contributed by atoms with E-state index in [0.717, 1.165) is 22.1 Å². The topological polar surface area (TPSA) is 52.9 Å². The van der Waals surface area contributed by atoms with Crippen LogP contribution < -0.4 is 0 Å². The molecular weight excluding hydrogens is 504 g/mol. The molecule has 0 aliphatic carbocycles. The second-order valence-corrected chi connectivity index (χ2v) is 9.38. The molecule has 2 aromatic rings. The average Bonchev–Trinajstić information content (AvgIpc) is 2.95. The summed E-state index contributed by atoms with van der Waals surface area (Å²) >= 11 is 8.09. The van der Waals surface area contributed by atoms with Crippen molar-refractivity contribution < 1.29 is 9.90 Å². The highest BCUT2D eigenvalue weighted by atomic mass is 79.9. The fourth-order valence-corrected chi connectivity index (χ4v) is 5.04. The Hall–Kier alpha value is -1.57. The van der Waals surface area contributed by atoms with Crippen molar-refractivity contribution in [3.8, 4) is 5.75 Å². The summed E-state index contributed by atoms with van der Waals surface area (Å²) in [5.74, 6) is 0.00354. The van der Waals surface area contributed by atoms with Gasteiger partial charge in [0.1, 0.15) is 5.75 Å². The minimum Gasteiger partial charge on any atom is -0.506 e. The number of carbonyl (C=O) groups excluding carboxylic acids is 1. The number of thioether (sulfide) groups is 1. The normalized spacial score (nSPS) is 18.3. The molecule has 1 atom stereocenters. The number of amidine groups is 1. The molecule has 1 heterocycles. The molecule has 2 aromatic carbocycles. The smallest absolute Gasteiger partial charge is 0.267 e. The Balaban J connectivity index is 2.03. The van der Waals surface area contributed by atoms with Crippen molar-refractivity contribution in [2.45, 2.75) is 33.2 Å². The van der Waals surface area contributed by atoms with E-state index >= 15 is 0 Å². The van der Waals surface area contributed by atoms with Crippen LogP contribution in [0.5, 0.6) is 5.75 Å². The first-order valence-electron chi connectivity index (χ1n) is 8.86. The Morgan fingerprint density at radius 3 is 2.57 bits per heavy atom. The van der Waals surface area contributed by atoms with Crippen LogP contribution in [0, 0.1) is 6.92 Å². The van der Waals surface area contributed by atoms with Crippen molar-refractivity contribution in [2.75, 3.05) is 0 Å². The van der Waals surface area contributed by atoms with Gasteiger partial charge in [0, 0.05) is 16.1 Å². The quantitative estimate of drug-likeness (QED) is 0.457. The minimum atomic E-state index is -0.0966. The van der Waals surface area contributed by atoms with E-state index in [9.17, 15) is 9.90 Å². The first-order valence-corrected chi connectivity index (χ1v) is 11.3. The Labute approximate surface area is 186 Å². The number of halogens is 2. The van der Waals surface area contributed by atoms with E-state index in [1.54, 1.807) is 23.1 Å². The van der Waals surface area contributed by atoms with Gasteiger partial charge >= 0.3 is 0 Å². The zero-order chi connectivity index (χ0) is 20.4. The number of hydrogen-bond acceptors (Lipinski definition) is 4. The van der Waals surface area contributed by atoms with Gasteiger partial charge in [-0.2, -0.15) is 0 Å². The molecule has 3 rings (SSSR count). The maximum Gasteiger partial charge on any atom is 0.267 e. The van der Waals surface area contributed by atoms with Crippen molar-refractivity contribution in [3.63, 3.8) is 0 Å². The lowest BCUT2D eigenvalue weighted by molar-refractivity contribution is -0.123. The highest BCUT2D eigenvalue weighted by Gasteiger charge is 2.36. The predicted octanol–water partition coefficient (Wildman–Crippen LogP) is 6.63. The Bertz CT molecular complexity index is 971. The van der Waals surface area contributed by atoms with Crippen LogP contribution in [0.25, 0.3) is 6.08 Å². The van der Waals surface area contributed by atoms with Gasteiger partial charge in [-0.15, -0.1) is 0 Å². The molecule has 1 N–H and O–H groups in total. The van der Waals surface area contributed by atoms with Gasteiger partial charge in [0.05, 0.1) is 15.1 Å². The number of phenolic OH excluding ortho intramolecular Hbond substituents is 1. The maximum absolute atomic E-state index is 13.1. The van der Waals surface area contributed by atoms with E-state index in [-0.39, 0.29) is 17.7 Å². The second-order valence-electron chi connectivity index (χ2n) is 6.60. The molecule has 146 valence electrons. The molecule has 0 bridgehead atoms. The molecule has 7 heteroatoms. The van der Waals surface area contributed by atoms with Crippen molar-refractivity contribution in [2.24, 2.45) is 4.99 Å². The lowest BCUT2D eigenvalue weighted by Crippen LogP contribution is -2.36. The molecule has 0 unspecified atom stereocenters. The van der Waals surface area contributed by atoms with Crippen LogP contribution in [-0.4, -0.2) is 27.1 Å². The summed E-state index contributed by atoms with van der Waals surface area (Å²) in [6.45, 7) is 6.09. The summed E-state index contributed by atoms with van der Waals surface area (Å²) in [4.78, 5) is 20.1. The molecule has 1 fully saturated rings. The van der Waals surface area contributed by atoms with Crippen molar-refractivity contribution in [1.29, 1.82) is 0 Å². The number of aromatic hydroxyl groups is 1. The largest absolute Gasteiger partial charge is 0.506 e. The molecule has 0 spiro atoms. The Kier molecular flexibility index (Phi) is 6.68. The van der Waals surface area contributed by atoms with E-state index in [4.69, 9.17) is 4.99 Å². The molecule has 0 aromatic heterocycles. The standard InChI is InChI=1S/C21H20Br2N2O2S/c1-4-13(3)25-20(27)18(10-14-9-15(22)11-17(23)19(14)26)28-21(25)24-16-7-5-12(2)6-8-16/h5-11,13,26H,4H2,1-3H3/b18-10+,24-21?/t13-/m0/s1. The molecule has 1 saturated heterocycles. The highest BCUT2D eigenvalue weighted by Crippen LogP contribution is 2.39. The summed E-state index contributed by atoms with van der Waals surface area (Å²) in [7, 11) is 0. The van der Waals surface area contributed by atoms with Crippen LogP contribution in [0.3, 0.4) is 0 Å². The summed E-state index contributed by atoms with van der Waals surface area (Å²) in [6.07, 6.45) is 2.53. The van der Waals surface area contributed by atoms with E-state index < -0.39 is 0 Å². The van der Waals surface area contributed by atoms with Crippen LogP contribution >= 0.6 is 43.6 Å². The number of amides is 1. The molecule has 28 heavy (non-hydrogen) atoms. The lowest BCUT2D eigenvalue weighted by Gasteiger charge is -2.22. The number of aliphatic imine (C=N–C) groups is 1. The van der Waals surface area contributed by atoms with Gasteiger partial charge in [-0.3, -0.25) is 9.69 Å². The number of benzene rings is 2. The summed E-state index contributed by atoms with van der Waals surface area (Å²) < 4.78 is 1.38. The van der Waals surface area contributed by atoms with Gasteiger partial charge in [0.15, 0.2) is 5.17 Å². The third-order valence-corrected chi connectivity index (χ3v) is 6.52. The number of carbonyl (C=O) groups is 1. The first-order chi connectivity index (χ1) is 13.3.